The molecule has 0 bridgehead atoms. The number of rotatable bonds is 4. The summed E-state index contributed by atoms with van der Waals surface area (Å²) in [4.78, 5) is 25.2. The van der Waals surface area contributed by atoms with Crippen molar-refractivity contribution in [3.8, 4) is 11.6 Å². The van der Waals surface area contributed by atoms with E-state index in [9.17, 15) is 4.79 Å². The zero-order valence-electron chi connectivity index (χ0n) is 17.6. The number of aromatic nitrogens is 6. The number of likely N-dealkylation sites (tertiary alicyclic amines) is 1. The molecule has 160 valence electrons. The molecule has 5 rings (SSSR count). The second-order valence-electron chi connectivity index (χ2n) is 6.86. The molecule has 1 fully saturated rings. The minimum Gasteiger partial charge on any atom is -0.470 e. The highest BCUT2D eigenvalue weighted by Crippen LogP contribution is 2.22. The number of nitrogens with zero attached hydrogens (tertiary/aromatic N) is 7. The highest BCUT2D eigenvalue weighted by molar-refractivity contribution is 5.97. The number of amides is 1. The molecule has 9 nitrogen and oxygen atoms in total. The molecule has 1 aliphatic heterocycles. The van der Waals surface area contributed by atoms with Gasteiger partial charge in [-0.3, -0.25) is 4.79 Å². The van der Waals surface area contributed by atoms with E-state index >= 15 is 0 Å². The Morgan fingerprint density at radius 1 is 1.03 bits per heavy atom. The Labute approximate surface area is 180 Å². The lowest BCUT2D eigenvalue weighted by Crippen LogP contribution is -2.44. The molecule has 1 saturated heterocycles. The van der Waals surface area contributed by atoms with Crippen LogP contribution in [0.25, 0.3) is 11.3 Å². The summed E-state index contributed by atoms with van der Waals surface area (Å²) in [6, 6.07) is 7.36. The van der Waals surface area contributed by atoms with Crippen LogP contribution in [0.15, 0.2) is 61.4 Å². The van der Waals surface area contributed by atoms with Gasteiger partial charge in [0.2, 0.25) is 0 Å². The number of ether oxygens (including phenoxy) is 1. The van der Waals surface area contributed by atoms with E-state index in [2.05, 4.69) is 20.2 Å². The van der Waals surface area contributed by atoms with Gasteiger partial charge in [0.1, 0.15) is 6.10 Å². The Kier molecular flexibility index (Phi) is 6.21. The van der Waals surface area contributed by atoms with Crippen molar-refractivity contribution in [3.05, 3.63) is 67.0 Å². The highest BCUT2D eigenvalue weighted by atomic mass is 16.5. The first-order valence-electron chi connectivity index (χ1n) is 10.5. The summed E-state index contributed by atoms with van der Waals surface area (Å²) >= 11 is 0. The van der Waals surface area contributed by atoms with E-state index in [1.165, 1.54) is 4.80 Å². The van der Waals surface area contributed by atoms with Gasteiger partial charge >= 0.3 is 0 Å². The van der Waals surface area contributed by atoms with Crippen LogP contribution in [0.4, 0.5) is 0 Å². The van der Waals surface area contributed by atoms with Gasteiger partial charge in [0, 0.05) is 31.3 Å². The summed E-state index contributed by atoms with van der Waals surface area (Å²) in [5.74, 6) is 0.427. The van der Waals surface area contributed by atoms with E-state index in [0.29, 0.717) is 35.9 Å². The molecule has 31 heavy (non-hydrogen) atoms. The van der Waals surface area contributed by atoms with Gasteiger partial charge in [0.15, 0.2) is 5.65 Å². The molecule has 1 aliphatic rings. The number of carbonyl (C=O) groups is 1. The molecule has 1 atom stereocenters. The van der Waals surface area contributed by atoms with Gasteiger partial charge < -0.3 is 14.0 Å². The molecule has 0 spiro atoms. The maximum atomic E-state index is 13.3. The van der Waals surface area contributed by atoms with Crippen LogP contribution in [0.1, 0.15) is 37.0 Å². The van der Waals surface area contributed by atoms with Gasteiger partial charge in [-0.05, 0) is 25.0 Å². The van der Waals surface area contributed by atoms with E-state index in [-0.39, 0.29) is 12.0 Å². The summed E-state index contributed by atoms with van der Waals surface area (Å²) < 4.78 is 7.99. The molecule has 0 saturated carbocycles. The van der Waals surface area contributed by atoms with Gasteiger partial charge in [0.25, 0.3) is 11.8 Å². The molecule has 4 aromatic rings. The lowest BCUT2D eigenvalue weighted by atomic mass is 10.1. The monoisotopic (exact) mass is 419 g/mol. The zero-order valence-corrected chi connectivity index (χ0v) is 17.6. The predicted molar refractivity (Wildman–Crippen MR) is 115 cm³/mol. The summed E-state index contributed by atoms with van der Waals surface area (Å²) in [7, 11) is 0. The minimum absolute atomic E-state index is 0.0572. The first kappa shape index (κ1) is 20.5. The van der Waals surface area contributed by atoms with Crippen molar-refractivity contribution in [1.82, 2.24) is 34.3 Å². The number of hydrogen-bond acceptors (Lipinski definition) is 6. The fourth-order valence-corrected chi connectivity index (χ4v) is 3.63. The van der Waals surface area contributed by atoms with Gasteiger partial charge in [-0.25, -0.2) is 9.97 Å². The number of para-hydroxylation sites is 1. The van der Waals surface area contributed by atoms with Crippen LogP contribution in [-0.2, 0) is 0 Å². The Morgan fingerprint density at radius 3 is 2.58 bits per heavy atom. The zero-order chi connectivity index (χ0) is 21.6. The molecule has 4 heterocycles. The van der Waals surface area contributed by atoms with Crippen LogP contribution < -0.4 is 4.74 Å². The number of carbonyl (C=O) groups excluding carboxylic acids is 1. The van der Waals surface area contributed by atoms with Gasteiger partial charge in [0.05, 0.1) is 30.2 Å². The average Bonchev–Trinajstić information content (AvgIpc) is 3.53. The first-order valence-corrected chi connectivity index (χ1v) is 10.5. The smallest absolute Gasteiger partial charge is 0.258 e. The number of piperidine rings is 1. The molecule has 1 aromatic carbocycles. The van der Waals surface area contributed by atoms with Gasteiger partial charge in [-0.1, -0.05) is 26.0 Å². The van der Waals surface area contributed by atoms with Gasteiger partial charge in [-0.15, -0.1) is 0 Å². The Balaban J connectivity index is 0.00000112. The van der Waals surface area contributed by atoms with E-state index in [1.807, 2.05) is 53.7 Å². The molecule has 0 aliphatic carbocycles. The average molecular weight is 419 g/mol. The third-order valence-corrected chi connectivity index (χ3v) is 4.99. The third kappa shape index (κ3) is 4.25. The van der Waals surface area contributed by atoms with Crippen molar-refractivity contribution >= 4 is 11.6 Å². The second kappa shape index (κ2) is 9.38. The van der Waals surface area contributed by atoms with E-state index in [1.54, 1.807) is 30.9 Å². The van der Waals surface area contributed by atoms with Gasteiger partial charge in [-0.2, -0.15) is 15.0 Å². The quantitative estimate of drug-likeness (QED) is 0.505. The minimum atomic E-state index is -0.141. The molecule has 3 aromatic heterocycles. The van der Waals surface area contributed by atoms with Crippen molar-refractivity contribution in [3.63, 3.8) is 0 Å². The van der Waals surface area contributed by atoms with E-state index in [0.717, 1.165) is 12.8 Å². The normalized spacial score (nSPS) is 15.9. The van der Waals surface area contributed by atoms with Crippen molar-refractivity contribution in [2.45, 2.75) is 32.8 Å². The van der Waals surface area contributed by atoms with Crippen LogP contribution in [0, 0.1) is 0 Å². The lowest BCUT2D eigenvalue weighted by molar-refractivity contribution is 0.0530. The highest BCUT2D eigenvalue weighted by Gasteiger charge is 2.28. The summed E-state index contributed by atoms with van der Waals surface area (Å²) in [5.41, 5.74) is 1.90. The SMILES string of the molecule is CC.O=C(c1ccccc1-n1nccn1)N1CCCC(Oc2nccn3ccnc23)C1. The molecule has 0 N–H and O–H groups in total. The van der Waals surface area contributed by atoms with Crippen LogP contribution >= 0.6 is 0 Å². The van der Waals surface area contributed by atoms with Crippen molar-refractivity contribution in [1.29, 1.82) is 0 Å². The maximum absolute atomic E-state index is 13.3. The number of fused-ring (bicyclic) bond motifs is 1. The Morgan fingerprint density at radius 2 is 1.77 bits per heavy atom. The second-order valence-corrected chi connectivity index (χ2v) is 6.86. The molecular formula is C22H25N7O2. The fourth-order valence-electron chi connectivity index (χ4n) is 3.63. The fraction of sp³-hybridized carbons (Fsp3) is 0.318. The molecule has 1 amide bonds. The van der Waals surface area contributed by atoms with Crippen molar-refractivity contribution in [2.24, 2.45) is 0 Å². The third-order valence-electron chi connectivity index (χ3n) is 4.99. The molecule has 0 radical (unpaired) electrons. The van der Waals surface area contributed by atoms with E-state index < -0.39 is 0 Å². The largest absolute Gasteiger partial charge is 0.470 e. The van der Waals surface area contributed by atoms with Crippen LogP contribution in [0.3, 0.4) is 0 Å². The standard InChI is InChI=1S/C20H19N7O2.C2H6/c28-20(16-5-1-2-6-17(16)27-23-7-8-24-27)26-11-3-4-15(14-26)29-19-18-21-9-12-25(18)13-10-22-19;1-2/h1-2,5-10,12-13,15H,3-4,11,14H2;1-2H3. The van der Waals surface area contributed by atoms with E-state index in [4.69, 9.17) is 4.74 Å². The topological polar surface area (TPSA) is 90.4 Å². The summed E-state index contributed by atoms with van der Waals surface area (Å²) in [6.45, 7) is 5.17. The van der Waals surface area contributed by atoms with Crippen molar-refractivity contribution < 1.29 is 9.53 Å². The Hall–Kier alpha value is -3.75. The van der Waals surface area contributed by atoms with Crippen molar-refractivity contribution in [2.75, 3.05) is 13.1 Å². The number of imidazole rings is 1. The predicted octanol–water partition coefficient (Wildman–Crippen LogP) is 3.02. The van der Waals surface area contributed by atoms with Crippen LogP contribution in [0.5, 0.6) is 5.88 Å². The summed E-state index contributed by atoms with van der Waals surface area (Å²) in [5, 5.41) is 8.32. The Bertz CT molecular complexity index is 1140. The molecule has 9 heteroatoms. The number of hydrogen-bond donors (Lipinski definition) is 0. The van der Waals surface area contributed by atoms with Crippen LogP contribution in [-0.4, -0.2) is 59.4 Å². The summed E-state index contributed by atoms with van der Waals surface area (Å²) in [6.07, 6.45) is 11.8. The maximum Gasteiger partial charge on any atom is 0.258 e. The molecular weight excluding hydrogens is 394 g/mol. The molecule has 1 unspecified atom stereocenters. The lowest BCUT2D eigenvalue weighted by Gasteiger charge is -2.33. The van der Waals surface area contributed by atoms with Crippen LogP contribution in [0.2, 0.25) is 0 Å². The first-order chi connectivity index (χ1) is 15.3. The number of benzene rings is 1.